The summed E-state index contributed by atoms with van der Waals surface area (Å²) in [6.45, 7) is 2.83. The van der Waals surface area contributed by atoms with Crippen LogP contribution in [0.2, 0.25) is 0 Å². The number of amides is 2. The first-order valence-electron chi connectivity index (χ1n) is 13.6. The monoisotopic (exact) mass is 594 g/mol. The number of alkyl halides is 3. The summed E-state index contributed by atoms with van der Waals surface area (Å²) in [4.78, 5) is 37.7. The highest BCUT2D eigenvalue weighted by Crippen LogP contribution is 2.41. The van der Waals surface area contributed by atoms with Gasteiger partial charge in [-0.15, -0.1) is 0 Å². The van der Waals surface area contributed by atoms with Crippen molar-refractivity contribution in [1.29, 1.82) is 0 Å². The zero-order chi connectivity index (χ0) is 30.4. The topological polar surface area (TPSA) is 137 Å². The van der Waals surface area contributed by atoms with Crippen LogP contribution in [0.1, 0.15) is 21.5 Å². The Labute approximate surface area is 245 Å². The van der Waals surface area contributed by atoms with Crippen molar-refractivity contribution < 1.29 is 27.5 Å². The zero-order valence-corrected chi connectivity index (χ0v) is 23.1. The van der Waals surface area contributed by atoms with E-state index in [4.69, 9.17) is 10.5 Å². The standard InChI is InChI=1S/C29H29F3N8O3/c1-39-14-19(15-39)27(42)40-10-11-43-28(16-40)13-21(28)37-23(24-25(33)36-9-8-35-24)17-2-4-18(5-3-17)26(41)38-22-12-20(6-7-34-22)29(30,31)32/h2-9,12-13,19,35,37H,10-11,14-16H2,1H3,(H2,33,36)(H,34,38,41)/b24-23-. The van der Waals surface area contributed by atoms with Crippen LogP contribution in [-0.2, 0) is 15.7 Å². The number of carbonyl (C=O) groups excluding carboxylic acids is 2. The Bertz CT molecular complexity index is 1580. The van der Waals surface area contributed by atoms with Crippen LogP contribution in [0, 0.1) is 5.92 Å². The van der Waals surface area contributed by atoms with Gasteiger partial charge in [0, 0.05) is 49.4 Å². The van der Waals surface area contributed by atoms with E-state index in [2.05, 4.69) is 30.8 Å². The predicted molar refractivity (Wildman–Crippen MR) is 152 cm³/mol. The molecular weight excluding hydrogens is 565 g/mol. The molecule has 1 spiro atoms. The van der Waals surface area contributed by atoms with Gasteiger partial charge in [-0.05, 0) is 37.4 Å². The molecule has 43 heavy (non-hydrogen) atoms. The minimum Gasteiger partial charge on any atom is -0.382 e. The third-order valence-electron chi connectivity index (χ3n) is 7.67. The van der Waals surface area contributed by atoms with Crippen LogP contribution in [0.25, 0.3) is 5.70 Å². The van der Waals surface area contributed by atoms with E-state index in [9.17, 15) is 22.8 Å². The number of nitrogens with zero attached hydrogens (tertiary/aromatic N) is 4. The predicted octanol–water partition coefficient (Wildman–Crippen LogP) is 2.10. The molecule has 1 aromatic carbocycles. The molecule has 224 valence electrons. The Kier molecular flexibility index (Phi) is 7.18. The van der Waals surface area contributed by atoms with E-state index in [0.29, 0.717) is 36.7 Å². The van der Waals surface area contributed by atoms with E-state index >= 15 is 0 Å². The van der Waals surface area contributed by atoms with Gasteiger partial charge in [0.2, 0.25) is 5.91 Å². The molecule has 3 aliphatic heterocycles. The van der Waals surface area contributed by atoms with Crippen molar-refractivity contribution in [1.82, 2.24) is 25.4 Å². The second kappa shape index (κ2) is 10.9. The summed E-state index contributed by atoms with van der Waals surface area (Å²) >= 11 is 0. The number of morpholine rings is 1. The molecule has 5 N–H and O–H groups in total. The number of aromatic nitrogens is 1. The number of amidine groups is 1. The number of anilines is 1. The van der Waals surface area contributed by atoms with Gasteiger partial charge in [-0.2, -0.15) is 13.2 Å². The second-order valence-corrected chi connectivity index (χ2v) is 10.8. The molecule has 6 rings (SSSR count). The van der Waals surface area contributed by atoms with Crippen molar-refractivity contribution in [3.05, 3.63) is 89.2 Å². The average molecular weight is 595 g/mol. The van der Waals surface area contributed by atoms with E-state index in [1.807, 2.05) is 18.0 Å². The van der Waals surface area contributed by atoms with Gasteiger partial charge < -0.3 is 36.2 Å². The molecule has 14 heteroatoms. The van der Waals surface area contributed by atoms with Crippen LogP contribution in [0.5, 0.6) is 0 Å². The van der Waals surface area contributed by atoms with Gasteiger partial charge in [-0.1, -0.05) is 12.1 Å². The first kappa shape index (κ1) is 28.4. The van der Waals surface area contributed by atoms with Crippen LogP contribution in [-0.4, -0.2) is 77.9 Å². The normalized spacial score (nSPS) is 23.1. The number of aliphatic imine (C=N–C) groups is 1. The Morgan fingerprint density at radius 1 is 1.14 bits per heavy atom. The van der Waals surface area contributed by atoms with E-state index in [1.54, 1.807) is 18.3 Å². The molecule has 0 bridgehead atoms. The van der Waals surface area contributed by atoms with Crippen molar-refractivity contribution in [2.24, 2.45) is 16.6 Å². The van der Waals surface area contributed by atoms with E-state index < -0.39 is 23.2 Å². The molecule has 4 heterocycles. The van der Waals surface area contributed by atoms with E-state index in [0.717, 1.165) is 37.1 Å². The number of hydrogen-bond donors (Lipinski definition) is 4. The molecule has 0 radical (unpaired) electrons. The maximum atomic E-state index is 13.0. The van der Waals surface area contributed by atoms with Gasteiger partial charge in [0.05, 0.1) is 36.0 Å². The molecule has 2 amide bonds. The van der Waals surface area contributed by atoms with Gasteiger partial charge in [-0.3, -0.25) is 9.59 Å². The van der Waals surface area contributed by atoms with Crippen molar-refractivity contribution in [2.75, 3.05) is 45.2 Å². The number of carbonyl (C=O) groups is 2. The van der Waals surface area contributed by atoms with Crippen LogP contribution >= 0.6 is 0 Å². The largest absolute Gasteiger partial charge is 0.416 e. The Morgan fingerprint density at radius 3 is 2.58 bits per heavy atom. The number of hydrogen-bond acceptors (Lipinski definition) is 9. The summed E-state index contributed by atoms with van der Waals surface area (Å²) in [5.74, 6) is -0.479. The van der Waals surface area contributed by atoms with Crippen molar-refractivity contribution in [3.8, 4) is 0 Å². The summed E-state index contributed by atoms with van der Waals surface area (Å²) in [6, 6.07) is 8.04. The van der Waals surface area contributed by atoms with Crippen LogP contribution in [0.15, 0.2) is 77.5 Å². The molecule has 1 atom stereocenters. The van der Waals surface area contributed by atoms with Crippen LogP contribution in [0.3, 0.4) is 0 Å². The molecule has 1 unspecified atom stereocenters. The summed E-state index contributed by atoms with van der Waals surface area (Å²) in [5.41, 5.74) is 7.23. The summed E-state index contributed by atoms with van der Waals surface area (Å²) in [5, 5.41) is 8.90. The number of ether oxygens (including phenoxy) is 1. The van der Waals surface area contributed by atoms with Gasteiger partial charge >= 0.3 is 6.18 Å². The lowest BCUT2D eigenvalue weighted by molar-refractivity contribution is -0.148. The summed E-state index contributed by atoms with van der Waals surface area (Å²) in [6.07, 6.45) is 1.50. The number of rotatable bonds is 6. The first-order valence-corrected chi connectivity index (χ1v) is 13.6. The third-order valence-corrected chi connectivity index (χ3v) is 7.67. The molecule has 0 saturated carbocycles. The summed E-state index contributed by atoms with van der Waals surface area (Å²) in [7, 11) is 1.99. The highest BCUT2D eigenvalue weighted by atomic mass is 19.4. The number of benzene rings is 1. The zero-order valence-electron chi connectivity index (χ0n) is 23.1. The molecular formula is C29H29F3N8O3. The van der Waals surface area contributed by atoms with Gasteiger partial charge in [0.15, 0.2) is 0 Å². The van der Waals surface area contributed by atoms with Gasteiger partial charge in [-0.25, -0.2) is 9.98 Å². The molecule has 1 aromatic heterocycles. The highest BCUT2D eigenvalue weighted by molar-refractivity contribution is 6.05. The molecule has 2 aromatic rings. The minimum absolute atomic E-state index is 0.00213. The fraction of sp³-hybridized carbons (Fsp3) is 0.310. The number of nitrogens with one attached hydrogen (secondary N) is 3. The minimum atomic E-state index is -4.56. The SMILES string of the molecule is CN1CC(C(=O)N2CCOC3(C=C3N/C(=C3\NC=CN=C3N)c3ccc(C(=O)Nc4cc(C(F)(F)F)ccn4)cc3)C2)C1. The molecule has 11 nitrogen and oxygen atoms in total. The van der Waals surface area contributed by atoms with Gasteiger partial charge in [0.25, 0.3) is 5.91 Å². The molecule has 1 aliphatic carbocycles. The lowest BCUT2D eigenvalue weighted by Gasteiger charge is -2.41. The van der Waals surface area contributed by atoms with Gasteiger partial charge in [0.1, 0.15) is 23.0 Å². The fourth-order valence-electron chi connectivity index (χ4n) is 5.28. The fourth-order valence-corrected chi connectivity index (χ4v) is 5.28. The maximum Gasteiger partial charge on any atom is 0.416 e. The van der Waals surface area contributed by atoms with Crippen molar-refractivity contribution in [2.45, 2.75) is 11.8 Å². The van der Waals surface area contributed by atoms with Crippen LogP contribution in [0.4, 0.5) is 19.0 Å². The smallest absolute Gasteiger partial charge is 0.382 e. The number of likely N-dealkylation sites (tertiary alicyclic amines) is 1. The third kappa shape index (κ3) is 5.83. The lowest BCUT2D eigenvalue weighted by atomic mass is 9.98. The van der Waals surface area contributed by atoms with Crippen LogP contribution < -0.4 is 21.7 Å². The Hall–Kier alpha value is -4.69. The summed E-state index contributed by atoms with van der Waals surface area (Å²) < 4.78 is 45.3. The maximum absolute atomic E-state index is 13.0. The highest BCUT2D eigenvalue weighted by Gasteiger charge is 2.51. The quantitative estimate of drug-likeness (QED) is 0.399. The molecule has 2 fully saturated rings. The van der Waals surface area contributed by atoms with E-state index in [-0.39, 0.29) is 29.0 Å². The van der Waals surface area contributed by atoms with Crippen molar-refractivity contribution in [3.63, 3.8) is 0 Å². The average Bonchev–Trinajstić information content (AvgIpc) is 3.63. The molecule has 2 saturated heterocycles. The Balaban J connectivity index is 1.18. The number of pyridine rings is 1. The lowest BCUT2D eigenvalue weighted by Crippen LogP contribution is -2.57. The number of nitrogens with two attached hydrogens (primary N) is 1. The first-order chi connectivity index (χ1) is 20.5. The Morgan fingerprint density at radius 2 is 1.88 bits per heavy atom. The van der Waals surface area contributed by atoms with Crippen molar-refractivity contribution >= 4 is 29.2 Å². The second-order valence-electron chi connectivity index (χ2n) is 10.8. The molecule has 4 aliphatic rings. The van der Waals surface area contributed by atoms with E-state index in [1.165, 1.54) is 18.3 Å². The number of halogens is 3.